The summed E-state index contributed by atoms with van der Waals surface area (Å²) in [7, 11) is -3.72. The summed E-state index contributed by atoms with van der Waals surface area (Å²) in [5, 5.41) is 15.0. The zero-order valence-corrected chi connectivity index (χ0v) is 18.3. The lowest BCUT2D eigenvalue weighted by atomic mass is 10.1. The van der Waals surface area contributed by atoms with Crippen LogP contribution in [0, 0.1) is 17.0 Å². The Morgan fingerprint density at radius 2 is 1.90 bits per heavy atom. The maximum Gasteiger partial charge on any atom is 0.271 e. The van der Waals surface area contributed by atoms with Crippen molar-refractivity contribution >= 4 is 44.4 Å². The highest BCUT2D eigenvalue weighted by molar-refractivity contribution is 7.90. The van der Waals surface area contributed by atoms with Crippen molar-refractivity contribution in [3.63, 3.8) is 0 Å². The second-order valence-electron chi connectivity index (χ2n) is 6.45. The van der Waals surface area contributed by atoms with Gasteiger partial charge in [-0.2, -0.15) is 0 Å². The third-order valence-electron chi connectivity index (χ3n) is 4.15. The Balaban J connectivity index is 1.81. The molecule has 3 rings (SSSR count). The lowest BCUT2D eigenvalue weighted by Crippen LogP contribution is -2.23. The van der Waals surface area contributed by atoms with Crippen LogP contribution in [0.1, 0.15) is 20.2 Å². The maximum absolute atomic E-state index is 12.5. The first-order valence-corrected chi connectivity index (χ1v) is 11.6. The van der Waals surface area contributed by atoms with E-state index < -0.39 is 26.4 Å². The molecule has 156 valence electrons. The Kier molecular flexibility index (Phi) is 6.20. The van der Waals surface area contributed by atoms with E-state index in [1.807, 2.05) is 19.1 Å². The molecule has 8 nitrogen and oxygen atoms in total. The number of nitro benzene ring substituents is 1. The van der Waals surface area contributed by atoms with E-state index in [9.17, 15) is 23.3 Å². The van der Waals surface area contributed by atoms with Crippen LogP contribution in [-0.2, 0) is 16.4 Å². The highest BCUT2D eigenvalue weighted by Gasteiger charge is 2.19. The van der Waals surface area contributed by atoms with Crippen molar-refractivity contribution in [2.24, 2.45) is 0 Å². The van der Waals surface area contributed by atoms with Gasteiger partial charge in [-0.05, 0) is 25.1 Å². The van der Waals surface area contributed by atoms with E-state index in [0.29, 0.717) is 10.0 Å². The number of amides is 1. The molecule has 1 aromatic heterocycles. The minimum Gasteiger partial charge on any atom is -0.346 e. The number of rotatable bonds is 6. The second kappa shape index (κ2) is 8.50. The lowest BCUT2D eigenvalue weighted by Gasteiger charge is -2.06. The van der Waals surface area contributed by atoms with Gasteiger partial charge in [0, 0.05) is 39.4 Å². The molecule has 0 saturated heterocycles. The summed E-state index contributed by atoms with van der Waals surface area (Å²) in [5.41, 5.74) is 1.08. The predicted molar refractivity (Wildman–Crippen MR) is 115 cm³/mol. The lowest BCUT2D eigenvalue weighted by molar-refractivity contribution is -0.385. The molecule has 11 heteroatoms. The molecule has 30 heavy (non-hydrogen) atoms. The molecule has 0 aliphatic carbocycles. The molecule has 3 aromatic rings. The van der Waals surface area contributed by atoms with Crippen LogP contribution in [0.3, 0.4) is 0 Å². The number of hydrogen-bond donors (Lipinski definition) is 1. The molecular weight excluding hydrogens is 450 g/mol. The fraction of sp³-hybridized carbons (Fsp3) is 0.158. The number of carbonyl (C=O) groups is 1. The largest absolute Gasteiger partial charge is 0.346 e. The Labute approximate surface area is 181 Å². The van der Waals surface area contributed by atoms with Crippen LogP contribution in [0.25, 0.3) is 11.3 Å². The minimum atomic E-state index is -3.72. The van der Waals surface area contributed by atoms with E-state index in [0.717, 1.165) is 40.6 Å². The molecule has 1 amide bonds. The van der Waals surface area contributed by atoms with Crippen molar-refractivity contribution in [2.75, 3.05) is 6.26 Å². The molecular formula is C19H16ClN3O5S2. The van der Waals surface area contributed by atoms with Crippen LogP contribution in [0.4, 0.5) is 5.69 Å². The Morgan fingerprint density at radius 3 is 2.50 bits per heavy atom. The topological polar surface area (TPSA) is 119 Å². The first kappa shape index (κ1) is 21.9. The summed E-state index contributed by atoms with van der Waals surface area (Å²) in [6.07, 6.45) is 0.921. The smallest absolute Gasteiger partial charge is 0.271 e. The van der Waals surface area contributed by atoms with E-state index in [4.69, 9.17) is 11.6 Å². The van der Waals surface area contributed by atoms with Crippen molar-refractivity contribution < 1.29 is 18.1 Å². The van der Waals surface area contributed by atoms with E-state index in [-0.39, 0.29) is 17.0 Å². The first-order chi connectivity index (χ1) is 14.0. The van der Waals surface area contributed by atoms with E-state index in [1.54, 1.807) is 12.1 Å². The number of nitrogens with one attached hydrogen (secondary N) is 1. The standard InChI is InChI=1S/C19H16ClN3O5S2/c1-11-18(12-3-5-14(20)6-4-12)22-17(29-11)10-21-19(24)13-7-15(23(25)26)9-16(8-13)30(2,27)28/h3-9H,10H2,1-2H3,(H,21,24). The zero-order valence-electron chi connectivity index (χ0n) is 15.9. The van der Waals surface area contributed by atoms with E-state index in [2.05, 4.69) is 10.3 Å². The highest BCUT2D eigenvalue weighted by atomic mass is 35.5. The molecule has 0 aliphatic heterocycles. The van der Waals surface area contributed by atoms with Gasteiger partial charge in [-0.15, -0.1) is 11.3 Å². The Morgan fingerprint density at radius 1 is 1.23 bits per heavy atom. The summed E-state index contributed by atoms with van der Waals surface area (Å²) in [6, 6.07) is 10.3. The van der Waals surface area contributed by atoms with Gasteiger partial charge in [-0.1, -0.05) is 23.7 Å². The second-order valence-corrected chi connectivity index (χ2v) is 10.2. The molecule has 1 heterocycles. The van der Waals surface area contributed by atoms with Crippen molar-refractivity contribution in [1.82, 2.24) is 10.3 Å². The minimum absolute atomic E-state index is 0.0921. The number of nitro groups is 1. The van der Waals surface area contributed by atoms with Crippen LogP contribution < -0.4 is 5.32 Å². The first-order valence-electron chi connectivity index (χ1n) is 8.54. The number of non-ortho nitro benzene ring substituents is 1. The Hall–Kier alpha value is -2.82. The maximum atomic E-state index is 12.5. The molecule has 0 fully saturated rings. The molecule has 0 saturated carbocycles. The summed E-state index contributed by atoms with van der Waals surface area (Å²) in [4.78, 5) is 28.1. The van der Waals surface area contributed by atoms with Gasteiger partial charge in [-0.25, -0.2) is 13.4 Å². The Bertz CT molecular complexity index is 1240. The molecule has 0 unspecified atom stereocenters. The van der Waals surface area contributed by atoms with Gasteiger partial charge in [0.05, 0.1) is 22.1 Å². The molecule has 0 bridgehead atoms. The fourth-order valence-corrected chi connectivity index (χ4v) is 4.39. The number of thiazole rings is 1. The number of aryl methyl sites for hydroxylation is 1. The van der Waals surface area contributed by atoms with Crippen molar-refractivity contribution in [3.8, 4) is 11.3 Å². The number of nitrogens with zero attached hydrogens (tertiary/aromatic N) is 2. The number of hydrogen-bond acceptors (Lipinski definition) is 7. The molecule has 2 aromatic carbocycles. The third kappa shape index (κ3) is 5.02. The van der Waals surface area contributed by atoms with Crippen molar-refractivity contribution in [3.05, 3.63) is 73.0 Å². The number of halogens is 1. The average molecular weight is 466 g/mol. The van der Waals surface area contributed by atoms with Gasteiger partial charge in [-0.3, -0.25) is 14.9 Å². The van der Waals surface area contributed by atoms with Crippen LogP contribution in [0.15, 0.2) is 47.4 Å². The quantitative estimate of drug-likeness (QED) is 0.433. The van der Waals surface area contributed by atoms with Crippen LogP contribution in [0.5, 0.6) is 0 Å². The highest BCUT2D eigenvalue weighted by Crippen LogP contribution is 2.28. The average Bonchev–Trinajstić information content (AvgIpc) is 3.06. The number of aromatic nitrogens is 1. The van der Waals surface area contributed by atoms with Crippen LogP contribution in [-0.4, -0.2) is 30.5 Å². The number of benzene rings is 2. The zero-order chi connectivity index (χ0) is 22.1. The van der Waals surface area contributed by atoms with Crippen molar-refractivity contribution in [2.45, 2.75) is 18.4 Å². The molecule has 0 radical (unpaired) electrons. The van der Waals surface area contributed by atoms with E-state index in [1.165, 1.54) is 11.3 Å². The summed E-state index contributed by atoms with van der Waals surface area (Å²) in [6.45, 7) is 2.00. The van der Waals surface area contributed by atoms with Crippen LogP contribution in [0.2, 0.25) is 5.02 Å². The van der Waals surface area contributed by atoms with Gasteiger partial charge >= 0.3 is 0 Å². The molecule has 0 spiro atoms. The normalized spacial score (nSPS) is 11.3. The summed E-state index contributed by atoms with van der Waals surface area (Å²) < 4.78 is 23.6. The van der Waals surface area contributed by atoms with Crippen LogP contribution >= 0.6 is 22.9 Å². The number of carbonyl (C=O) groups excluding carboxylic acids is 1. The van der Waals surface area contributed by atoms with Gasteiger partial charge in [0.2, 0.25) is 0 Å². The van der Waals surface area contributed by atoms with Gasteiger partial charge in [0.15, 0.2) is 9.84 Å². The fourth-order valence-electron chi connectivity index (χ4n) is 2.69. The number of sulfone groups is 1. The van der Waals surface area contributed by atoms with Gasteiger partial charge in [0.1, 0.15) is 5.01 Å². The molecule has 0 atom stereocenters. The van der Waals surface area contributed by atoms with Gasteiger partial charge in [0.25, 0.3) is 11.6 Å². The van der Waals surface area contributed by atoms with Gasteiger partial charge < -0.3 is 5.32 Å². The monoisotopic (exact) mass is 465 g/mol. The van der Waals surface area contributed by atoms with Crippen molar-refractivity contribution in [1.29, 1.82) is 0 Å². The molecule has 1 N–H and O–H groups in total. The third-order valence-corrected chi connectivity index (χ3v) is 6.47. The predicted octanol–water partition coefficient (Wildman–Crippen LogP) is 4.01. The summed E-state index contributed by atoms with van der Waals surface area (Å²) >= 11 is 7.31. The summed E-state index contributed by atoms with van der Waals surface area (Å²) in [5.74, 6) is -0.635. The SMILES string of the molecule is Cc1sc(CNC(=O)c2cc([N+](=O)[O-])cc(S(C)(=O)=O)c2)nc1-c1ccc(Cl)cc1. The van der Waals surface area contributed by atoms with E-state index >= 15 is 0 Å². The molecule has 0 aliphatic rings.